The molecule has 1 aromatic heterocycles. The molecule has 0 unspecified atom stereocenters. The molecule has 0 N–H and O–H groups in total. The molecule has 1 heterocycles. The van der Waals surface area contributed by atoms with Gasteiger partial charge in [0.15, 0.2) is 4.91 Å². The van der Waals surface area contributed by atoms with Crippen LogP contribution < -0.4 is 0 Å². The van der Waals surface area contributed by atoms with E-state index in [1.165, 1.54) is 29.5 Å². The number of allylic oxidation sites excluding steroid dienone is 1. The Labute approximate surface area is 122 Å². The minimum atomic E-state index is -3.74. The third kappa shape index (κ3) is 2.98. The average molecular weight is 303 g/mol. The molecule has 1 aromatic carbocycles. The molecule has 0 amide bonds. The summed E-state index contributed by atoms with van der Waals surface area (Å²) in [5.41, 5.74) is 0. The summed E-state index contributed by atoms with van der Waals surface area (Å²) in [5, 5.41) is 9.16. The molecule has 0 bridgehead atoms. The first-order valence-electron chi connectivity index (χ1n) is 6.08. The van der Waals surface area contributed by atoms with E-state index in [2.05, 4.69) is 0 Å². The molecule has 0 atom stereocenters. The predicted octanol–water partition coefficient (Wildman–Crippen LogP) is 3.65. The van der Waals surface area contributed by atoms with E-state index in [0.717, 1.165) is 16.2 Å². The summed E-state index contributed by atoms with van der Waals surface area (Å²) in [4.78, 5) is 1.84. The van der Waals surface area contributed by atoms with Gasteiger partial charge >= 0.3 is 0 Å². The lowest BCUT2D eigenvalue weighted by atomic mass is 10.3. The van der Waals surface area contributed by atoms with Gasteiger partial charge in [-0.25, -0.2) is 8.42 Å². The number of hydrogen-bond acceptors (Lipinski definition) is 4. The second kappa shape index (κ2) is 6.04. The number of nitrogens with zero attached hydrogens (tertiary/aromatic N) is 1. The molecule has 0 radical (unpaired) electrons. The van der Waals surface area contributed by atoms with Crippen LogP contribution in [0.2, 0.25) is 0 Å². The largest absolute Gasteiger partial charge is 0.218 e. The first-order chi connectivity index (χ1) is 9.57. The molecule has 0 aliphatic rings. The molecule has 3 nitrogen and oxygen atoms in total. The Balaban J connectivity index is 2.45. The van der Waals surface area contributed by atoms with Crippen molar-refractivity contribution in [2.75, 3.05) is 0 Å². The molecule has 0 aliphatic heterocycles. The van der Waals surface area contributed by atoms with Gasteiger partial charge in [0.1, 0.15) is 6.07 Å². The first kappa shape index (κ1) is 14.5. The molecule has 0 saturated heterocycles. The van der Waals surface area contributed by atoms with Gasteiger partial charge in [0.2, 0.25) is 9.84 Å². The van der Waals surface area contributed by atoms with Crippen molar-refractivity contribution >= 4 is 27.3 Å². The van der Waals surface area contributed by atoms with Crippen LogP contribution in [0.3, 0.4) is 0 Å². The van der Waals surface area contributed by atoms with Crippen LogP contribution >= 0.6 is 11.3 Å². The molecule has 20 heavy (non-hydrogen) atoms. The number of nitriles is 1. The fraction of sp³-hybridized carbons (Fsp3) is 0.133. The van der Waals surface area contributed by atoms with Crippen molar-refractivity contribution in [3.05, 3.63) is 57.1 Å². The van der Waals surface area contributed by atoms with Crippen LogP contribution in [0.25, 0.3) is 6.08 Å². The van der Waals surface area contributed by atoms with Gasteiger partial charge in [-0.15, -0.1) is 11.3 Å². The Morgan fingerprint density at radius 2 is 1.95 bits per heavy atom. The van der Waals surface area contributed by atoms with Crippen molar-refractivity contribution < 1.29 is 8.42 Å². The van der Waals surface area contributed by atoms with Gasteiger partial charge in [-0.3, -0.25) is 0 Å². The average Bonchev–Trinajstić information content (AvgIpc) is 2.93. The predicted molar refractivity (Wildman–Crippen MR) is 80.9 cm³/mol. The maximum Gasteiger partial charge on any atom is 0.216 e. The summed E-state index contributed by atoms with van der Waals surface area (Å²) in [6.07, 6.45) is 2.33. The van der Waals surface area contributed by atoms with E-state index in [-0.39, 0.29) is 9.80 Å². The molecule has 2 aromatic rings. The van der Waals surface area contributed by atoms with Gasteiger partial charge in [0.05, 0.1) is 4.90 Å². The molecule has 102 valence electrons. The zero-order chi connectivity index (χ0) is 14.6. The van der Waals surface area contributed by atoms with E-state index in [1.54, 1.807) is 24.3 Å². The molecule has 0 saturated carbocycles. The van der Waals surface area contributed by atoms with Crippen LogP contribution in [0.4, 0.5) is 0 Å². The minimum absolute atomic E-state index is 0.139. The molecule has 2 rings (SSSR count). The summed E-state index contributed by atoms with van der Waals surface area (Å²) >= 11 is 1.50. The van der Waals surface area contributed by atoms with E-state index < -0.39 is 9.84 Å². The Kier molecular flexibility index (Phi) is 4.38. The topological polar surface area (TPSA) is 57.9 Å². The molecular weight excluding hydrogens is 290 g/mol. The number of hydrogen-bond donors (Lipinski definition) is 0. The summed E-state index contributed by atoms with van der Waals surface area (Å²) in [7, 11) is -3.74. The van der Waals surface area contributed by atoms with Crippen LogP contribution in [0.5, 0.6) is 0 Å². The second-order valence-electron chi connectivity index (χ2n) is 4.09. The van der Waals surface area contributed by atoms with Crippen LogP contribution in [0, 0.1) is 11.3 Å². The molecule has 0 spiro atoms. The Bertz CT molecular complexity index is 766. The van der Waals surface area contributed by atoms with Crippen molar-refractivity contribution in [1.29, 1.82) is 5.26 Å². The normalized spacial score (nSPS) is 12.1. The molecular formula is C15H13NO2S2. The number of aryl methyl sites for hydroxylation is 1. The standard InChI is InChI=1S/C15H13NO2S2/c1-2-12-8-9-13(19-12)10-15(11-16)20(17,18)14-6-4-3-5-7-14/h3-10H,2H2,1H3/b15-10+. The highest BCUT2D eigenvalue weighted by Gasteiger charge is 2.20. The van der Waals surface area contributed by atoms with E-state index in [9.17, 15) is 8.42 Å². The smallest absolute Gasteiger partial charge is 0.216 e. The minimum Gasteiger partial charge on any atom is -0.218 e. The van der Waals surface area contributed by atoms with Crippen molar-refractivity contribution in [2.24, 2.45) is 0 Å². The lowest BCUT2D eigenvalue weighted by Gasteiger charge is -2.01. The van der Waals surface area contributed by atoms with E-state index >= 15 is 0 Å². The van der Waals surface area contributed by atoms with Gasteiger partial charge in [-0.05, 0) is 36.8 Å². The summed E-state index contributed by atoms with van der Waals surface area (Å²) in [6, 6.07) is 13.6. The molecule has 0 fully saturated rings. The number of benzene rings is 1. The molecule has 0 aliphatic carbocycles. The fourth-order valence-corrected chi connectivity index (χ4v) is 3.83. The monoisotopic (exact) mass is 303 g/mol. The Morgan fingerprint density at radius 3 is 2.50 bits per heavy atom. The number of sulfone groups is 1. The summed E-state index contributed by atoms with van der Waals surface area (Å²) < 4.78 is 24.7. The molecule has 5 heteroatoms. The highest BCUT2D eigenvalue weighted by Crippen LogP contribution is 2.24. The Hall–Kier alpha value is -1.90. The van der Waals surface area contributed by atoms with Gasteiger partial charge in [-0.1, -0.05) is 25.1 Å². The quantitative estimate of drug-likeness (QED) is 0.810. The first-order valence-corrected chi connectivity index (χ1v) is 8.38. The fourth-order valence-electron chi connectivity index (χ4n) is 1.69. The van der Waals surface area contributed by atoms with Gasteiger partial charge in [0.25, 0.3) is 0 Å². The highest BCUT2D eigenvalue weighted by molar-refractivity contribution is 7.95. The SMILES string of the molecule is CCc1ccc(/C=C(\C#N)S(=O)(=O)c2ccccc2)s1. The van der Waals surface area contributed by atoms with Crippen LogP contribution in [-0.2, 0) is 16.3 Å². The zero-order valence-corrected chi connectivity index (χ0v) is 12.5. The van der Waals surface area contributed by atoms with Crippen LogP contribution in [-0.4, -0.2) is 8.42 Å². The lowest BCUT2D eigenvalue weighted by Crippen LogP contribution is -2.02. The van der Waals surface area contributed by atoms with E-state index in [4.69, 9.17) is 5.26 Å². The van der Waals surface area contributed by atoms with Gasteiger partial charge in [0, 0.05) is 9.75 Å². The van der Waals surface area contributed by atoms with E-state index in [0.29, 0.717) is 0 Å². The van der Waals surface area contributed by atoms with Crippen molar-refractivity contribution in [2.45, 2.75) is 18.2 Å². The highest BCUT2D eigenvalue weighted by atomic mass is 32.2. The third-order valence-corrected chi connectivity index (χ3v) is 5.61. The van der Waals surface area contributed by atoms with Crippen molar-refractivity contribution in [3.63, 3.8) is 0 Å². The lowest BCUT2D eigenvalue weighted by molar-refractivity contribution is 0.603. The summed E-state index contributed by atoms with van der Waals surface area (Å²) in [5.74, 6) is 0. The van der Waals surface area contributed by atoms with Gasteiger partial charge in [-0.2, -0.15) is 5.26 Å². The maximum absolute atomic E-state index is 12.4. The number of rotatable bonds is 4. The summed E-state index contributed by atoms with van der Waals surface area (Å²) in [6.45, 7) is 2.03. The van der Waals surface area contributed by atoms with Gasteiger partial charge < -0.3 is 0 Å². The zero-order valence-electron chi connectivity index (χ0n) is 10.9. The van der Waals surface area contributed by atoms with Crippen LogP contribution in [0.15, 0.2) is 52.3 Å². The third-order valence-electron chi connectivity index (χ3n) is 2.76. The Morgan fingerprint density at radius 1 is 1.25 bits per heavy atom. The van der Waals surface area contributed by atoms with E-state index in [1.807, 2.05) is 19.1 Å². The maximum atomic E-state index is 12.4. The second-order valence-corrected chi connectivity index (χ2v) is 7.21. The van der Waals surface area contributed by atoms with Crippen molar-refractivity contribution in [1.82, 2.24) is 0 Å². The van der Waals surface area contributed by atoms with Crippen LogP contribution in [0.1, 0.15) is 16.7 Å². The van der Waals surface area contributed by atoms with Crippen molar-refractivity contribution in [3.8, 4) is 6.07 Å². The number of thiophene rings is 1.